The average Bonchev–Trinajstić information content (AvgIpc) is 2.84. The van der Waals surface area contributed by atoms with E-state index in [4.69, 9.17) is 15.2 Å². The first kappa shape index (κ1) is 15.0. The molecule has 0 heterocycles. The third-order valence-electron chi connectivity index (χ3n) is 4.02. The van der Waals surface area contributed by atoms with Crippen molar-refractivity contribution >= 4 is 0 Å². The third kappa shape index (κ3) is 2.59. The van der Waals surface area contributed by atoms with E-state index in [1.807, 2.05) is 0 Å². The van der Waals surface area contributed by atoms with E-state index in [-0.39, 0.29) is 11.3 Å². The van der Waals surface area contributed by atoms with Crippen molar-refractivity contribution in [3.05, 3.63) is 23.3 Å². The Bertz CT molecular complexity index is 491. The van der Waals surface area contributed by atoms with Crippen molar-refractivity contribution in [2.45, 2.75) is 44.1 Å². The Morgan fingerprint density at radius 2 is 1.75 bits per heavy atom. The molecular formula is C15H21F2NO2. The minimum absolute atomic E-state index is 0.0744. The standard InChI is InChI=1S/C15H21F2NO2/c1-14(16,17)11-8-10(15(18)6-4-5-7-15)9-12(19-2)13(11)20-3/h8-9H,4-7,18H2,1-3H3. The Hall–Kier alpha value is -1.36. The van der Waals surface area contributed by atoms with Gasteiger partial charge >= 0.3 is 0 Å². The van der Waals surface area contributed by atoms with Crippen LogP contribution in [0.2, 0.25) is 0 Å². The number of hydrogen-bond acceptors (Lipinski definition) is 3. The van der Waals surface area contributed by atoms with Gasteiger partial charge in [0.05, 0.1) is 19.8 Å². The SMILES string of the molecule is COc1cc(C2(N)CCCC2)cc(C(C)(F)F)c1OC. The maximum absolute atomic E-state index is 13.8. The van der Waals surface area contributed by atoms with E-state index in [0.29, 0.717) is 11.3 Å². The van der Waals surface area contributed by atoms with Gasteiger partial charge < -0.3 is 15.2 Å². The normalized spacial score (nSPS) is 18.1. The molecule has 1 fully saturated rings. The molecule has 1 saturated carbocycles. The van der Waals surface area contributed by atoms with Crippen molar-refractivity contribution in [2.75, 3.05) is 14.2 Å². The number of methoxy groups -OCH3 is 2. The highest BCUT2D eigenvalue weighted by molar-refractivity contribution is 5.52. The topological polar surface area (TPSA) is 44.5 Å². The van der Waals surface area contributed by atoms with Gasteiger partial charge in [0.2, 0.25) is 0 Å². The lowest BCUT2D eigenvalue weighted by molar-refractivity contribution is 0.0145. The first-order valence-electron chi connectivity index (χ1n) is 6.75. The summed E-state index contributed by atoms with van der Waals surface area (Å²) in [6.45, 7) is 0.853. The van der Waals surface area contributed by atoms with Crippen LogP contribution in [0.3, 0.4) is 0 Å². The van der Waals surface area contributed by atoms with Gasteiger partial charge in [-0.2, -0.15) is 0 Å². The zero-order valence-corrected chi connectivity index (χ0v) is 12.1. The molecule has 0 atom stereocenters. The molecule has 2 N–H and O–H groups in total. The molecule has 0 aromatic heterocycles. The van der Waals surface area contributed by atoms with Gasteiger partial charge in [-0.1, -0.05) is 12.8 Å². The van der Waals surface area contributed by atoms with Crippen molar-refractivity contribution in [1.29, 1.82) is 0 Å². The van der Waals surface area contributed by atoms with Gasteiger partial charge in [0.25, 0.3) is 5.92 Å². The van der Waals surface area contributed by atoms with Crippen LogP contribution in [0.1, 0.15) is 43.7 Å². The molecule has 1 aromatic rings. The molecule has 0 radical (unpaired) electrons. The molecule has 0 aliphatic heterocycles. The second-order valence-corrected chi connectivity index (χ2v) is 5.51. The monoisotopic (exact) mass is 285 g/mol. The van der Waals surface area contributed by atoms with E-state index in [1.54, 1.807) is 6.07 Å². The van der Waals surface area contributed by atoms with E-state index in [2.05, 4.69) is 0 Å². The molecule has 1 aliphatic carbocycles. The molecule has 0 amide bonds. The number of hydrogen-bond donors (Lipinski definition) is 1. The summed E-state index contributed by atoms with van der Waals surface area (Å²) in [6.07, 6.45) is 3.64. The van der Waals surface area contributed by atoms with E-state index in [9.17, 15) is 8.78 Å². The predicted molar refractivity (Wildman–Crippen MR) is 73.4 cm³/mol. The molecular weight excluding hydrogens is 264 g/mol. The Morgan fingerprint density at radius 1 is 1.15 bits per heavy atom. The van der Waals surface area contributed by atoms with Gasteiger partial charge in [-0.15, -0.1) is 0 Å². The van der Waals surface area contributed by atoms with E-state index < -0.39 is 11.5 Å². The van der Waals surface area contributed by atoms with Crippen LogP contribution >= 0.6 is 0 Å². The minimum atomic E-state index is -3.01. The maximum Gasteiger partial charge on any atom is 0.274 e. The Balaban J connectivity index is 2.61. The minimum Gasteiger partial charge on any atom is -0.493 e. The summed E-state index contributed by atoms with van der Waals surface area (Å²) in [7, 11) is 2.80. The lowest BCUT2D eigenvalue weighted by Crippen LogP contribution is -2.33. The Labute approximate surface area is 118 Å². The van der Waals surface area contributed by atoms with Gasteiger partial charge in [0.1, 0.15) is 0 Å². The zero-order valence-electron chi connectivity index (χ0n) is 12.1. The quantitative estimate of drug-likeness (QED) is 0.920. The molecule has 5 heteroatoms. The summed E-state index contributed by atoms with van der Waals surface area (Å²) in [5, 5.41) is 0. The van der Waals surface area contributed by atoms with Gasteiger partial charge in [-0.25, -0.2) is 8.78 Å². The molecule has 2 rings (SSSR count). The Morgan fingerprint density at radius 3 is 2.20 bits per heavy atom. The lowest BCUT2D eigenvalue weighted by Gasteiger charge is -2.27. The highest BCUT2D eigenvalue weighted by Crippen LogP contribution is 2.45. The van der Waals surface area contributed by atoms with Crippen molar-refractivity contribution in [2.24, 2.45) is 5.73 Å². The van der Waals surface area contributed by atoms with Crippen LogP contribution in [0.5, 0.6) is 11.5 Å². The van der Waals surface area contributed by atoms with Crippen molar-refractivity contribution < 1.29 is 18.3 Å². The number of nitrogens with two attached hydrogens (primary N) is 1. The molecule has 1 aliphatic rings. The molecule has 0 saturated heterocycles. The summed E-state index contributed by atoms with van der Waals surface area (Å²) < 4.78 is 38.0. The van der Waals surface area contributed by atoms with Crippen LogP contribution in [0.4, 0.5) is 8.78 Å². The number of rotatable bonds is 4. The summed E-state index contributed by atoms with van der Waals surface area (Å²) in [4.78, 5) is 0. The van der Waals surface area contributed by atoms with Crippen molar-refractivity contribution in [3.63, 3.8) is 0 Å². The largest absolute Gasteiger partial charge is 0.493 e. The highest BCUT2D eigenvalue weighted by Gasteiger charge is 2.37. The fraction of sp³-hybridized carbons (Fsp3) is 0.600. The fourth-order valence-electron chi connectivity index (χ4n) is 2.87. The molecule has 20 heavy (non-hydrogen) atoms. The van der Waals surface area contributed by atoms with Crippen molar-refractivity contribution in [3.8, 4) is 11.5 Å². The second-order valence-electron chi connectivity index (χ2n) is 5.51. The number of ether oxygens (including phenoxy) is 2. The summed E-state index contributed by atoms with van der Waals surface area (Å²) in [6, 6.07) is 3.19. The molecule has 0 spiro atoms. The van der Waals surface area contributed by atoms with Crippen LogP contribution in [0, 0.1) is 0 Å². The number of alkyl halides is 2. The molecule has 0 unspecified atom stereocenters. The molecule has 0 bridgehead atoms. The number of benzene rings is 1. The number of halogens is 2. The third-order valence-corrected chi connectivity index (χ3v) is 4.02. The molecule has 1 aromatic carbocycles. The summed E-state index contributed by atoms with van der Waals surface area (Å²) in [5.74, 6) is -2.63. The highest BCUT2D eigenvalue weighted by atomic mass is 19.3. The predicted octanol–water partition coefficient (Wildman–Crippen LogP) is 3.54. The first-order chi connectivity index (χ1) is 9.31. The maximum atomic E-state index is 13.8. The van der Waals surface area contributed by atoms with E-state index in [0.717, 1.165) is 32.6 Å². The van der Waals surface area contributed by atoms with Crippen LogP contribution in [-0.2, 0) is 11.5 Å². The van der Waals surface area contributed by atoms with Gasteiger partial charge in [0, 0.05) is 12.5 Å². The second kappa shape index (κ2) is 5.20. The fourth-order valence-corrected chi connectivity index (χ4v) is 2.87. The molecule has 112 valence electrons. The smallest absolute Gasteiger partial charge is 0.274 e. The first-order valence-corrected chi connectivity index (χ1v) is 6.75. The van der Waals surface area contributed by atoms with Gasteiger partial charge in [-0.3, -0.25) is 0 Å². The van der Waals surface area contributed by atoms with Crippen LogP contribution < -0.4 is 15.2 Å². The van der Waals surface area contributed by atoms with Crippen LogP contribution in [-0.4, -0.2) is 14.2 Å². The molecule has 3 nitrogen and oxygen atoms in total. The summed E-state index contributed by atoms with van der Waals surface area (Å²) in [5.41, 5.74) is 6.35. The van der Waals surface area contributed by atoms with Crippen LogP contribution in [0.15, 0.2) is 12.1 Å². The zero-order chi connectivity index (χ0) is 15.0. The van der Waals surface area contributed by atoms with Gasteiger partial charge in [0.15, 0.2) is 11.5 Å². The van der Waals surface area contributed by atoms with E-state index in [1.165, 1.54) is 20.3 Å². The van der Waals surface area contributed by atoms with Crippen molar-refractivity contribution in [1.82, 2.24) is 0 Å². The Kier molecular flexibility index (Phi) is 3.91. The lowest BCUT2D eigenvalue weighted by atomic mass is 9.87. The summed E-state index contributed by atoms with van der Waals surface area (Å²) >= 11 is 0. The van der Waals surface area contributed by atoms with Gasteiger partial charge in [-0.05, 0) is 30.5 Å². The van der Waals surface area contributed by atoms with Crippen LogP contribution in [0.25, 0.3) is 0 Å². The average molecular weight is 285 g/mol. The van der Waals surface area contributed by atoms with E-state index >= 15 is 0 Å².